The lowest BCUT2D eigenvalue weighted by molar-refractivity contribution is -0.0444. The van der Waals surface area contributed by atoms with E-state index >= 15 is 0 Å². The van der Waals surface area contributed by atoms with Crippen LogP contribution in [0.15, 0.2) is 43.1 Å². The summed E-state index contributed by atoms with van der Waals surface area (Å²) in [6, 6.07) is 7.12. The van der Waals surface area contributed by atoms with E-state index in [1.807, 2.05) is 24.3 Å². The number of urea groups is 1. The van der Waals surface area contributed by atoms with Crippen LogP contribution in [-0.4, -0.2) is 47.3 Å². The van der Waals surface area contributed by atoms with Crippen molar-refractivity contribution in [2.75, 3.05) is 20.2 Å². The fourth-order valence-corrected chi connectivity index (χ4v) is 4.44. The molecule has 0 radical (unpaired) electrons. The normalized spacial score (nSPS) is 26.8. The number of piperidine rings is 3. The molecule has 7 heteroatoms. The number of fused-ring (bicyclic) bond motifs is 4. The molecule has 2 aromatic rings. The number of methoxy groups -OCH3 is 1. The van der Waals surface area contributed by atoms with E-state index in [0.29, 0.717) is 11.8 Å². The van der Waals surface area contributed by atoms with Crippen molar-refractivity contribution in [1.82, 2.24) is 9.88 Å². The number of benzene rings is 1. The SMILES string of the molecule is C=C[C@H]1CN2CC[C@H]1C[C@H]2[C@@H](O)c1ccnc2ccc(OC)cc12.NC(N)=O. The smallest absolute Gasteiger partial charge is 0.309 e. The highest BCUT2D eigenvalue weighted by molar-refractivity contribution is 5.84. The average molecular weight is 384 g/mol. The zero-order chi connectivity index (χ0) is 20.3. The van der Waals surface area contributed by atoms with Gasteiger partial charge in [0, 0.05) is 24.2 Å². The topological polar surface area (TPSA) is 115 Å². The summed E-state index contributed by atoms with van der Waals surface area (Å²) in [5, 5.41) is 12.1. The minimum atomic E-state index is -0.833. The van der Waals surface area contributed by atoms with Gasteiger partial charge in [-0.2, -0.15) is 0 Å². The summed E-state index contributed by atoms with van der Waals surface area (Å²) < 4.78 is 5.35. The predicted octanol–water partition coefficient (Wildman–Crippen LogP) is 2.20. The summed E-state index contributed by atoms with van der Waals surface area (Å²) in [4.78, 5) is 15.9. The Balaban J connectivity index is 0.000000516. The second kappa shape index (κ2) is 8.58. The number of carbonyl (C=O) groups is 1. The first kappa shape index (κ1) is 20.1. The van der Waals surface area contributed by atoms with Gasteiger partial charge in [-0.3, -0.25) is 9.88 Å². The van der Waals surface area contributed by atoms with Gasteiger partial charge >= 0.3 is 6.03 Å². The molecule has 28 heavy (non-hydrogen) atoms. The van der Waals surface area contributed by atoms with Crippen molar-refractivity contribution in [2.45, 2.75) is 25.0 Å². The standard InChI is InChI=1S/C20H24N2O2.CH4N2O/c1-3-13-12-22-9-7-14(13)10-19(22)20(23)16-6-8-21-18-5-4-15(24-2)11-17(16)18;2-1(3)4/h3-6,8,11,13-14,19-20,23H,1,7,9-10,12H2,2H3;(H4,2,3,4)/t13-,14-,19-,20-;/m0./s1. The van der Waals surface area contributed by atoms with Gasteiger partial charge in [0.15, 0.2) is 0 Å². The Labute approximate surface area is 165 Å². The second-order valence-electron chi connectivity index (χ2n) is 7.38. The Morgan fingerprint density at radius 1 is 1.43 bits per heavy atom. The summed E-state index contributed by atoms with van der Waals surface area (Å²) in [6.07, 6.45) is 5.62. The van der Waals surface area contributed by atoms with Gasteiger partial charge in [0.25, 0.3) is 0 Å². The molecule has 5 N–H and O–H groups in total. The summed E-state index contributed by atoms with van der Waals surface area (Å²) in [5.41, 5.74) is 10.3. The number of aromatic nitrogens is 1. The first-order valence-corrected chi connectivity index (χ1v) is 9.46. The van der Waals surface area contributed by atoms with Gasteiger partial charge in [0.2, 0.25) is 0 Å². The number of aliphatic hydroxyl groups excluding tert-OH is 1. The monoisotopic (exact) mass is 384 g/mol. The van der Waals surface area contributed by atoms with E-state index in [4.69, 9.17) is 9.53 Å². The molecule has 5 atom stereocenters. The number of nitrogens with two attached hydrogens (primary N) is 2. The Kier molecular flexibility index (Phi) is 6.16. The highest BCUT2D eigenvalue weighted by Gasteiger charge is 2.42. The van der Waals surface area contributed by atoms with Crippen LogP contribution < -0.4 is 16.2 Å². The highest BCUT2D eigenvalue weighted by Crippen LogP contribution is 2.42. The van der Waals surface area contributed by atoms with Gasteiger partial charge in [0.1, 0.15) is 5.75 Å². The number of hydrogen-bond acceptors (Lipinski definition) is 5. The van der Waals surface area contributed by atoms with E-state index in [1.165, 1.54) is 6.42 Å². The van der Waals surface area contributed by atoms with Crippen molar-refractivity contribution >= 4 is 16.9 Å². The molecule has 3 saturated heterocycles. The van der Waals surface area contributed by atoms with Crippen molar-refractivity contribution in [1.29, 1.82) is 0 Å². The zero-order valence-electron chi connectivity index (χ0n) is 16.1. The molecule has 1 aromatic heterocycles. The van der Waals surface area contributed by atoms with Crippen LogP contribution in [0.3, 0.4) is 0 Å². The maximum atomic E-state index is 11.2. The van der Waals surface area contributed by atoms with E-state index < -0.39 is 12.1 Å². The van der Waals surface area contributed by atoms with Crippen molar-refractivity contribution < 1.29 is 14.6 Å². The van der Waals surface area contributed by atoms with E-state index in [0.717, 1.165) is 41.7 Å². The number of carbonyl (C=O) groups excluding carboxylic acids is 1. The van der Waals surface area contributed by atoms with Crippen molar-refractivity contribution in [3.05, 3.63) is 48.7 Å². The number of hydrogen-bond donors (Lipinski definition) is 3. The molecule has 1 aromatic carbocycles. The largest absolute Gasteiger partial charge is 0.497 e. The Morgan fingerprint density at radius 3 is 2.79 bits per heavy atom. The summed E-state index contributed by atoms with van der Waals surface area (Å²) in [7, 11) is 1.66. The first-order chi connectivity index (χ1) is 13.4. The average Bonchev–Trinajstić information content (AvgIpc) is 2.72. The number of primary amides is 2. The third-order valence-corrected chi connectivity index (χ3v) is 5.82. The molecule has 0 aliphatic carbocycles. The fraction of sp³-hybridized carbons (Fsp3) is 0.429. The van der Waals surface area contributed by atoms with Crippen LogP contribution in [0.4, 0.5) is 4.79 Å². The lowest BCUT2D eigenvalue weighted by atomic mass is 9.73. The van der Waals surface area contributed by atoms with Crippen LogP contribution in [-0.2, 0) is 0 Å². The molecule has 150 valence electrons. The molecule has 7 nitrogen and oxygen atoms in total. The second-order valence-corrected chi connectivity index (χ2v) is 7.38. The van der Waals surface area contributed by atoms with Gasteiger partial charge in [-0.15, -0.1) is 6.58 Å². The minimum absolute atomic E-state index is 0.178. The van der Waals surface area contributed by atoms with Crippen molar-refractivity contribution in [3.63, 3.8) is 0 Å². The van der Waals surface area contributed by atoms with Gasteiger partial charge in [-0.25, -0.2) is 4.79 Å². The summed E-state index contributed by atoms with van der Waals surface area (Å²) in [6.45, 7) is 6.07. The molecule has 0 saturated carbocycles. The number of amides is 2. The summed E-state index contributed by atoms with van der Waals surface area (Å²) >= 11 is 0. The molecule has 3 aliphatic heterocycles. The minimum Gasteiger partial charge on any atom is -0.497 e. The molecule has 4 heterocycles. The van der Waals surface area contributed by atoms with E-state index in [9.17, 15) is 5.11 Å². The number of ether oxygens (including phenoxy) is 1. The third kappa shape index (κ3) is 4.10. The Morgan fingerprint density at radius 2 is 2.18 bits per heavy atom. The van der Waals surface area contributed by atoms with Gasteiger partial charge < -0.3 is 21.3 Å². The number of nitrogens with zero attached hydrogens (tertiary/aromatic N) is 2. The van der Waals surface area contributed by atoms with E-state index in [1.54, 1.807) is 13.3 Å². The zero-order valence-corrected chi connectivity index (χ0v) is 16.1. The molecule has 2 amide bonds. The van der Waals surface area contributed by atoms with Gasteiger partial charge in [-0.05, 0) is 61.1 Å². The van der Waals surface area contributed by atoms with Gasteiger partial charge in [-0.1, -0.05) is 6.08 Å². The number of pyridine rings is 1. The third-order valence-electron chi connectivity index (χ3n) is 5.82. The Hall–Kier alpha value is -2.64. The van der Waals surface area contributed by atoms with Crippen LogP contribution in [0.2, 0.25) is 0 Å². The summed E-state index contributed by atoms with van der Waals surface area (Å²) in [5.74, 6) is 2.01. The molecule has 2 bridgehead atoms. The highest BCUT2D eigenvalue weighted by atomic mass is 16.5. The molecule has 5 rings (SSSR count). The van der Waals surface area contributed by atoms with Crippen LogP contribution in [0.25, 0.3) is 10.9 Å². The molecule has 0 spiro atoms. The van der Waals surface area contributed by atoms with Crippen LogP contribution in [0.1, 0.15) is 24.5 Å². The van der Waals surface area contributed by atoms with E-state index in [-0.39, 0.29) is 6.04 Å². The maximum Gasteiger partial charge on any atom is 0.309 e. The van der Waals surface area contributed by atoms with Crippen LogP contribution >= 0.6 is 0 Å². The maximum absolute atomic E-state index is 11.2. The lowest BCUT2D eigenvalue weighted by Gasteiger charge is -2.50. The van der Waals surface area contributed by atoms with Crippen molar-refractivity contribution in [3.8, 4) is 5.75 Å². The molecule has 1 unspecified atom stereocenters. The lowest BCUT2D eigenvalue weighted by Crippen LogP contribution is -2.54. The number of aliphatic hydroxyl groups is 1. The molecule has 3 aliphatic rings. The van der Waals surface area contributed by atoms with Crippen LogP contribution in [0, 0.1) is 11.8 Å². The van der Waals surface area contributed by atoms with Crippen LogP contribution in [0.5, 0.6) is 5.75 Å². The van der Waals surface area contributed by atoms with Gasteiger partial charge in [0.05, 0.1) is 18.7 Å². The van der Waals surface area contributed by atoms with Crippen molar-refractivity contribution in [2.24, 2.45) is 23.3 Å². The number of rotatable bonds is 4. The molecular weight excluding hydrogens is 356 g/mol. The quantitative estimate of drug-likeness (QED) is 0.699. The molecule has 3 fully saturated rings. The first-order valence-electron chi connectivity index (χ1n) is 9.46. The Bertz CT molecular complexity index is 853. The molecular formula is C21H28N4O3. The van der Waals surface area contributed by atoms with E-state index in [2.05, 4.69) is 34.0 Å². The predicted molar refractivity (Wildman–Crippen MR) is 109 cm³/mol. The fourth-order valence-electron chi connectivity index (χ4n) is 4.44.